The molecule has 0 unspecified atom stereocenters. The van der Waals surface area contributed by atoms with E-state index >= 15 is 0 Å². The summed E-state index contributed by atoms with van der Waals surface area (Å²) in [5.74, 6) is -0.978. The van der Waals surface area contributed by atoms with Crippen molar-refractivity contribution in [3.8, 4) is 0 Å². The van der Waals surface area contributed by atoms with Crippen LogP contribution in [0.25, 0.3) is 0 Å². The van der Waals surface area contributed by atoms with Gasteiger partial charge in [0.2, 0.25) is 0 Å². The van der Waals surface area contributed by atoms with E-state index < -0.39 is 5.97 Å². The van der Waals surface area contributed by atoms with Gasteiger partial charge in [-0.1, -0.05) is 12.1 Å². The molecule has 17 heteroatoms. The Hall–Kier alpha value is -2.65. The molecule has 1 aliphatic heterocycles. The summed E-state index contributed by atoms with van der Waals surface area (Å²) in [7, 11) is 1.31. The van der Waals surface area contributed by atoms with Crippen molar-refractivity contribution in [2.75, 3.05) is 172 Å². The minimum Gasteiger partial charge on any atom is -0.467 e. The van der Waals surface area contributed by atoms with Crippen molar-refractivity contribution in [2.45, 2.75) is 0 Å². The van der Waals surface area contributed by atoms with E-state index in [-0.39, 0.29) is 31.6 Å². The molecular formula is C35H57NO16. The van der Waals surface area contributed by atoms with Crippen molar-refractivity contribution >= 4 is 17.8 Å². The highest BCUT2D eigenvalue weighted by molar-refractivity contribution is 6.21. The maximum atomic E-state index is 12.3. The molecule has 0 atom stereocenters. The normalized spacial score (nSPS) is 12.6. The molecule has 0 aliphatic carbocycles. The molecule has 0 aromatic heterocycles. The number of hydrogen-bond acceptors (Lipinski definition) is 16. The number of fused-ring (bicyclic) bond motifs is 1. The zero-order valence-electron chi connectivity index (χ0n) is 30.5. The Morgan fingerprint density at radius 1 is 0.423 bits per heavy atom. The van der Waals surface area contributed by atoms with Gasteiger partial charge in [0.05, 0.1) is 177 Å². The number of rotatable bonds is 38. The number of benzene rings is 1. The summed E-state index contributed by atoms with van der Waals surface area (Å²) in [5.41, 5.74) is 0.875. The van der Waals surface area contributed by atoms with E-state index in [0.717, 1.165) is 0 Å². The molecular weight excluding hydrogens is 690 g/mol. The highest BCUT2D eigenvalue weighted by atomic mass is 16.6. The Kier molecular flexibility index (Phi) is 28.8. The zero-order chi connectivity index (χ0) is 37.2. The van der Waals surface area contributed by atoms with Gasteiger partial charge in [0.15, 0.2) is 0 Å². The van der Waals surface area contributed by atoms with E-state index in [1.54, 1.807) is 24.3 Å². The molecule has 17 nitrogen and oxygen atoms in total. The van der Waals surface area contributed by atoms with Crippen LogP contribution in [-0.4, -0.2) is 195 Å². The summed E-state index contributed by atoms with van der Waals surface area (Å²) in [6, 6.07) is 6.80. The lowest BCUT2D eigenvalue weighted by molar-refractivity contribution is -0.146. The smallest absolute Gasteiger partial charge is 0.331 e. The van der Waals surface area contributed by atoms with E-state index in [2.05, 4.69) is 4.74 Å². The van der Waals surface area contributed by atoms with Crippen LogP contribution in [0.5, 0.6) is 0 Å². The number of esters is 1. The van der Waals surface area contributed by atoms with E-state index in [1.165, 1.54) is 12.0 Å². The fraction of sp³-hybridized carbons (Fsp3) is 0.743. The summed E-state index contributed by atoms with van der Waals surface area (Å²) in [4.78, 5) is 36.7. The fourth-order valence-corrected chi connectivity index (χ4v) is 4.23. The van der Waals surface area contributed by atoms with Crippen LogP contribution in [0.2, 0.25) is 0 Å². The average molecular weight is 748 g/mol. The largest absolute Gasteiger partial charge is 0.467 e. The lowest BCUT2D eigenvalue weighted by Gasteiger charge is -2.13. The quantitative estimate of drug-likeness (QED) is 0.0524. The lowest BCUT2D eigenvalue weighted by Crippen LogP contribution is -2.33. The number of imide groups is 1. The molecule has 0 fully saturated rings. The second-order valence-corrected chi connectivity index (χ2v) is 10.7. The van der Waals surface area contributed by atoms with Crippen LogP contribution in [0.3, 0.4) is 0 Å². The van der Waals surface area contributed by atoms with Crippen molar-refractivity contribution < 1.29 is 76.0 Å². The molecule has 52 heavy (non-hydrogen) atoms. The van der Waals surface area contributed by atoms with Gasteiger partial charge in [-0.05, 0) is 12.1 Å². The standard InChI is InChI=1S/C35H57NO16/c1-40-33(37)30-52-29-28-51-27-26-50-25-24-49-23-22-48-21-20-47-19-18-46-17-16-45-15-14-44-13-12-43-11-10-42-9-8-41-7-6-36-34(38)31-4-2-3-5-32(31)35(36)39/h2-5H,6-30H2,1H3. The van der Waals surface area contributed by atoms with Crippen LogP contribution < -0.4 is 0 Å². The Morgan fingerprint density at radius 3 is 0.942 bits per heavy atom. The maximum Gasteiger partial charge on any atom is 0.331 e. The first-order valence-electron chi connectivity index (χ1n) is 17.6. The Morgan fingerprint density at radius 2 is 0.673 bits per heavy atom. The van der Waals surface area contributed by atoms with Crippen LogP contribution in [0.4, 0.5) is 0 Å². The second-order valence-electron chi connectivity index (χ2n) is 10.7. The van der Waals surface area contributed by atoms with Gasteiger partial charge in [-0.2, -0.15) is 0 Å². The van der Waals surface area contributed by atoms with Crippen molar-refractivity contribution in [2.24, 2.45) is 0 Å². The monoisotopic (exact) mass is 747 g/mol. The first-order chi connectivity index (χ1) is 25.6. The number of ether oxygens (including phenoxy) is 13. The third kappa shape index (κ3) is 23.1. The number of carbonyl (C=O) groups is 3. The van der Waals surface area contributed by atoms with E-state index in [4.69, 9.17) is 56.8 Å². The molecule has 0 bridgehead atoms. The third-order valence-corrected chi connectivity index (χ3v) is 6.88. The summed E-state index contributed by atoms with van der Waals surface area (Å²) < 4.78 is 69.5. The molecule has 2 amide bonds. The van der Waals surface area contributed by atoms with Gasteiger partial charge in [0, 0.05) is 0 Å². The minimum atomic E-state index is -0.414. The molecule has 0 saturated carbocycles. The van der Waals surface area contributed by atoms with Gasteiger partial charge < -0.3 is 61.6 Å². The summed E-state index contributed by atoms with van der Waals surface area (Å²) in [5, 5.41) is 0. The molecule has 0 N–H and O–H groups in total. The summed E-state index contributed by atoms with van der Waals surface area (Å²) in [6.07, 6.45) is 0. The van der Waals surface area contributed by atoms with Crippen LogP contribution in [0.1, 0.15) is 20.7 Å². The van der Waals surface area contributed by atoms with Crippen LogP contribution in [-0.2, 0) is 66.4 Å². The predicted octanol–water partition coefficient (Wildman–Crippen LogP) is 0.655. The van der Waals surface area contributed by atoms with Crippen LogP contribution >= 0.6 is 0 Å². The number of carbonyl (C=O) groups excluding carboxylic acids is 3. The molecule has 1 aromatic rings. The molecule has 1 aliphatic rings. The topological polar surface area (TPSA) is 174 Å². The van der Waals surface area contributed by atoms with Gasteiger partial charge in [0.1, 0.15) is 6.61 Å². The van der Waals surface area contributed by atoms with E-state index in [9.17, 15) is 14.4 Å². The molecule has 1 heterocycles. The average Bonchev–Trinajstić information content (AvgIpc) is 3.40. The molecule has 2 rings (SSSR count). The highest BCUT2D eigenvalue weighted by Crippen LogP contribution is 2.21. The number of nitrogens with zero attached hydrogens (tertiary/aromatic N) is 1. The first kappa shape index (κ1) is 45.5. The number of amides is 2. The summed E-state index contributed by atoms with van der Waals surface area (Å²) >= 11 is 0. The molecule has 0 radical (unpaired) electrons. The van der Waals surface area contributed by atoms with Gasteiger partial charge in [0.25, 0.3) is 11.8 Å². The Bertz CT molecular complexity index is 1010. The van der Waals surface area contributed by atoms with Gasteiger partial charge in [-0.15, -0.1) is 0 Å². The minimum absolute atomic E-state index is 0.0777. The Labute approximate surface area is 306 Å². The Balaban J connectivity index is 1.16. The summed E-state index contributed by atoms with van der Waals surface area (Å²) in [6.45, 7) is 10.2. The lowest BCUT2D eigenvalue weighted by atomic mass is 10.1. The molecule has 298 valence electrons. The number of hydrogen-bond donors (Lipinski definition) is 0. The highest BCUT2D eigenvalue weighted by Gasteiger charge is 2.34. The molecule has 0 spiro atoms. The van der Waals surface area contributed by atoms with Crippen LogP contribution in [0.15, 0.2) is 24.3 Å². The van der Waals surface area contributed by atoms with Gasteiger partial charge in [-0.3, -0.25) is 14.5 Å². The van der Waals surface area contributed by atoms with E-state index in [0.29, 0.717) is 156 Å². The number of methoxy groups -OCH3 is 1. The van der Waals surface area contributed by atoms with E-state index in [1.807, 2.05) is 0 Å². The molecule has 1 aromatic carbocycles. The maximum absolute atomic E-state index is 12.3. The third-order valence-electron chi connectivity index (χ3n) is 6.88. The van der Waals surface area contributed by atoms with Crippen LogP contribution in [0, 0.1) is 0 Å². The van der Waals surface area contributed by atoms with Crippen molar-refractivity contribution in [3.05, 3.63) is 35.4 Å². The SMILES string of the molecule is COC(=O)COCCOCCOCCOCCOCCOCCOCCOCCOCCOCCOCCOCCN1C(=O)c2ccccc2C1=O. The van der Waals surface area contributed by atoms with Crippen molar-refractivity contribution in [1.29, 1.82) is 0 Å². The predicted molar refractivity (Wildman–Crippen MR) is 184 cm³/mol. The van der Waals surface area contributed by atoms with Crippen molar-refractivity contribution in [1.82, 2.24) is 4.90 Å². The van der Waals surface area contributed by atoms with Gasteiger partial charge >= 0.3 is 5.97 Å². The molecule has 0 saturated heterocycles. The van der Waals surface area contributed by atoms with Crippen molar-refractivity contribution in [3.63, 3.8) is 0 Å². The van der Waals surface area contributed by atoms with Gasteiger partial charge in [-0.25, -0.2) is 4.79 Å². The second kappa shape index (κ2) is 33.0. The fourth-order valence-electron chi connectivity index (χ4n) is 4.23. The first-order valence-corrected chi connectivity index (χ1v) is 17.6. The zero-order valence-corrected chi connectivity index (χ0v) is 30.5.